The molecule has 1 N–H and O–H groups in total. The minimum atomic E-state index is -0.412. The fourth-order valence-electron chi connectivity index (χ4n) is 4.33. The van der Waals surface area contributed by atoms with Crippen molar-refractivity contribution in [1.82, 2.24) is 9.88 Å². The number of ether oxygens (including phenoxy) is 2. The van der Waals surface area contributed by atoms with Gasteiger partial charge in [-0.15, -0.1) is 0 Å². The highest BCUT2D eigenvalue weighted by atomic mass is 19.1. The van der Waals surface area contributed by atoms with Gasteiger partial charge in [-0.05, 0) is 48.9 Å². The number of aromatic nitrogens is 1. The van der Waals surface area contributed by atoms with Crippen molar-refractivity contribution in [3.8, 4) is 17.2 Å². The van der Waals surface area contributed by atoms with Gasteiger partial charge in [0, 0.05) is 13.1 Å². The van der Waals surface area contributed by atoms with Crippen molar-refractivity contribution < 1.29 is 23.8 Å². The Bertz CT molecular complexity index is 844. The van der Waals surface area contributed by atoms with Gasteiger partial charge in [-0.1, -0.05) is 6.07 Å². The third-order valence-electron chi connectivity index (χ3n) is 5.62. The van der Waals surface area contributed by atoms with E-state index in [4.69, 9.17) is 9.47 Å². The predicted molar refractivity (Wildman–Crippen MR) is 100 cm³/mol. The molecule has 0 bridgehead atoms. The molecule has 2 aliphatic rings. The van der Waals surface area contributed by atoms with Gasteiger partial charge >= 0.3 is 0 Å². The molecule has 1 saturated heterocycles. The number of rotatable bonds is 6. The van der Waals surface area contributed by atoms with Crippen molar-refractivity contribution in [2.45, 2.75) is 18.9 Å². The number of ketones is 1. The molecule has 7 heteroatoms. The van der Waals surface area contributed by atoms with Crippen LogP contribution < -0.4 is 9.47 Å². The van der Waals surface area contributed by atoms with E-state index in [9.17, 15) is 14.3 Å². The summed E-state index contributed by atoms with van der Waals surface area (Å²) in [7, 11) is 1.50. The number of hydrogen-bond donors (Lipinski definition) is 1. The molecule has 0 radical (unpaired) electrons. The summed E-state index contributed by atoms with van der Waals surface area (Å²) in [6, 6.07) is 7.68. The summed E-state index contributed by atoms with van der Waals surface area (Å²) >= 11 is 0. The first kappa shape index (κ1) is 18.7. The van der Waals surface area contributed by atoms with Crippen LogP contribution in [0.4, 0.5) is 4.39 Å². The third-order valence-corrected chi connectivity index (χ3v) is 5.62. The predicted octanol–water partition coefficient (Wildman–Crippen LogP) is 2.91. The van der Waals surface area contributed by atoms with Gasteiger partial charge in [0.25, 0.3) is 0 Å². The number of carbonyl (C=O) groups is 1. The van der Waals surface area contributed by atoms with Crippen LogP contribution in [0.1, 0.15) is 23.3 Å². The molecule has 1 saturated carbocycles. The van der Waals surface area contributed by atoms with E-state index in [-0.39, 0.29) is 23.4 Å². The SMILES string of the molecule is COc1cccc(F)c1O[C@H]1C[C@@H]2CN(CC(=O)c3ccc(O)cn3)C[C@@H]2C1. The molecule has 0 unspecified atom stereocenters. The third kappa shape index (κ3) is 3.80. The average molecular weight is 386 g/mol. The summed E-state index contributed by atoms with van der Waals surface area (Å²) in [4.78, 5) is 18.5. The molecule has 1 aromatic carbocycles. The van der Waals surface area contributed by atoms with E-state index >= 15 is 0 Å². The standard InChI is InChI=1S/C21H23FN2O4/c1-27-20-4-2-3-17(22)21(20)28-16-7-13-10-24(11-14(13)8-16)12-19(26)18-6-5-15(25)9-23-18/h2-6,9,13-14,16,25H,7-8,10-12H2,1H3/t13-,14+,16+. The normalized spacial score (nSPS) is 24.1. The number of benzene rings is 1. The van der Waals surface area contributed by atoms with E-state index in [2.05, 4.69) is 9.88 Å². The number of pyridine rings is 1. The molecule has 2 heterocycles. The van der Waals surface area contributed by atoms with Crippen LogP contribution in [0.25, 0.3) is 0 Å². The molecular formula is C21H23FN2O4. The lowest BCUT2D eigenvalue weighted by Gasteiger charge is -2.20. The Morgan fingerprint density at radius 3 is 2.64 bits per heavy atom. The van der Waals surface area contributed by atoms with E-state index in [1.807, 2.05) is 0 Å². The number of carbonyl (C=O) groups excluding carboxylic acids is 1. The van der Waals surface area contributed by atoms with E-state index in [1.165, 1.54) is 25.4 Å². The molecule has 1 aromatic heterocycles. The Balaban J connectivity index is 1.32. The summed E-state index contributed by atoms with van der Waals surface area (Å²) in [5.74, 6) is 1.04. The van der Waals surface area contributed by atoms with E-state index in [0.29, 0.717) is 29.8 Å². The molecule has 1 aliphatic heterocycles. The van der Waals surface area contributed by atoms with Crippen LogP contribution in [-0.2, 0) is 0 Å². The van der Waals surface area contributed by atoms with Gasteiger partial charge in [-0.3, -0.25) is 9.69 Å². The second-order valence-electron chi connectivity index (χ2n) is 7.52. The maximum Gasteiger partial charge on any atom is 0.197 e. The second kappa shape index (κ2) is 7.75. The summed E-state index contributed by atoms with van der Waals surface area (Å²) in [5.41, 5.74) is 0.364. The van der Waals surface area contributed by atoms with Gasteiger partial charge in [-0.25, -0.2) is 9.37 Å². The lowest BCUT2D eigenvalue weighted by molar-refractivity contribution is 0.0931. The number of halogens is 1. The second-order valence-corrected chi connectivity index (χ2v) is 7.52. The highest BCUT2D eigenvalue weighted by molar-refractivity contribution is 5.95. The number of nitrogens with zero attached hydrogens (tertiary/aromatic N) is 2. The molecule has 0 amide bonds. The summed E-state index contributed by atoms with van der Waals surface area (Å²) in [6.45, 7) is 1.96. The van der Waals surface area contributed by atoms with Crippen LogP contribution >= 0.6 is 0 Å². The smallest absolute Gasteiger partial charge is 0.197 e. The maximum atomic E-state index is 14.1. The van der Waals surface area contributed by atoms with Crippen molar-refractivity contribution >= 4 is 5.78 Å². The summed E-state index contributed by atoms with van der Waals surface area (Å²) in [6.07, 6.45) is 2.91. The van der Waals surface area contributed by atoms with Gasteiger partial charge in [0.1, 0.15) is 11.4 Å². The minimum Gasteiger partial charge on any atom is -0.506 e. The van der Waals surface area contributed by atoms with E-state index in [0.717, 1.165) is 25.9 Å². The van der Waals surface area contributed by atoms with E-state index < -0.39 is 5.82 Å². The quantitative estimate of drug-likeness (QED) is 0.770. The highest BCUT2D eigenvalue weighted by Crippen LogP contribution is 2.41. The van der Waals surface area contributed by atoms with Gasteiger partial charge < -0.3 is 14.6 Å². The monoisotopic (exact) mass is 386 g/mol. The Kier molecular flexibility index (Phi) is 5.17. The van der Waals surface area contributed by atoms with Crippen LogP contribution in [0.2, 0.25) is 0 Å². The first-order valence-electron chi connectivity index (χ1n) is 9.43. The number of fused-ring (bicyclic) bond motifs is 1. The van der Waals surface area contributed by atoms with Crippen LogP contribution in [0.15, 0.2) is 36.5 Å². The molecule has 3 atom stereocenters. The summed E-state index contributed by atoms with van der Waals surface area (Å²) in [5, 5.41) is 9.28. The molecule has 0 spiro atoms. The van der Waals surface area contributed by atoms with Crippen molar-refractivity contribution in [1.29, 1.82) is 0 Å². The number of hydrogen-bond acceptors (Lipinski definition) is 6. The molecule has 1 aliphatic carbocycles. The van der Waals surface area contributed by atoms with Gasteiger partial charge in [0.2, 0.25) is 0 Å². The Morgan fingerprint density at radius 1 is 1.25 bits per heavy atom. The molecule has 6 nitrogen and oxygen atoms in total. The largest absolute Gasteiger partial charge is 0.506 e. The number of methoxy groups -OCH3 is 1. The topological polar surface area (TPSA) is 71.9 Å². The van der Waals surface area contributed by atoms with Crippen LogP contribution in [0, 0.1) is 17.7 Å². The number of para-hydroxylation sites is 1. The van der Waals surface area contributed by atoms with Gasteiger partial charge in [-0.2, -0.15) is 0 Å². The van der Waals surface area contributed by atoms with Crippen LogP contribution in [0.5, 0.6) is 17.2 Å². The maximum absolute atomic E-state index is 14.1. The highest BCUT2D eigenvalue weighted by Gasteiger charge is 2.42. The van der Waals surface area contributed by atoms with Crippen molar-refractivity contribution in [3.05, 3.63) is 48.0 Å². The van der Waals surface area contributed by atoms with Crippen molar-refractivity contribution in [2.75, 3.05) is 26.7 Å². The first-order valence-corrected chi connectivity index (χ1v) is 9.43. The fourth-order valence-corrected chi connectivity index (χ4v) is 4.33. The zero-order valence-electron chi connectivity index (χ0n) is 15.7. The molecule has 2 fully saturated rings. The van der Waals surface area contributed by atoms with Gasteiger partial charge in [0.05, 0.1) is 26.0 Å². The molecule has 148 valence electrons. The minimum absolute atomic E-state index is 0.0441. The lowest BCUT2D eigenvalue weighted by Crippen LogP contribution is -2.30. The van der Waals surface area contributed by atoms with Crippen LogP contribution in [0.3, 0.4) is 0 Å². The number of Topliss-reactive ketones (excluding diaryl/α,β-unsaturated/α-hetero) is 1. The summed E-state index contributed by atoms with van der Waals surface area (Å²) < 4.78 is 25.3. The average Bonchev–Trinajstić information content (AvgIpc) is 3.21. The van der Waals surface area contributed by atoms with E-state index in [1.54, 1.807) is 18.2 Å². The number of likely N-dealkylation sites (tertiary alicyclic amines) is 1. The Hall–Kier alpha value is -2.67. The molecular weight excluding hydrogens is 363 g/mol. The molecule has 4 rings (SSSR count). The molecule has 2 aromatic rings. The first-order chi connectivity index (χ1) is 13.5. The Morgan fingerprint density at radius 2 is 2.00 bits per heavy atom. The zero-order valence-corrected chi connectivity index (χ0v) is 15.7. The Labute approximate surface area is 162 Å². The zero-order chi connectivity index (χ0) is 19.7. The lowest BCUT2D eigenvalue weighted by atomic mass is 10.0. The number of aromatic hydroxyl groups is 1. The fraction of sp³-hybridized carbons (Fsp3) is 0.429. The van der Waals surface area contributed by atoms with Crippen LogP contribution in [-0.4, -0.2) is 53.6 Å². The van der Waals surface area contributed by atoms with Gasteiger partial charge in [0.15, 0.2) is 23.1 Å². The molecule has 28 heavy (non-hydrogen) atoms. The van der Waals surface area contributed by atoms with Crippen molar-refractivity contribution in [2.24, 2.45) is 11.8 Å². The van der Waals surface area contributed by atoms with Crippen molar-refractivity contribution in [3.63, 3.8) is 0 Å².